The van der Waals surface area contributed by atoms with Crippen molar-refractivity contribution in [2.75, 3.05) is 13.1 Å². The average Bonchev–Trinajstić information content (AvgIpc) is 3.13. The monoisotopic (exact) mass is 374 g/mol. The normalized spacial score (nSPS) is 18.3. The summed E-state index contributed by atoms with van der Waals surface area (Å²) in [5, 5.41) is 4.00. The molecule has 0 N–H and O–H groups in total. The minimum Gasteiger partial charge on any atom is -0.338 e. The molecule has 4 nitrogen and oxygen atoms in total. The molecular weight excluding hydrogens is 352 g/mol. The number of carbonyl (C=O) groups is 2. The number of rotatable bonds is 5. The fraction of sp³-hybridized carbons (Fsp3) is 0.474. The van der Waals surface area contributed by atoms with Crippen molar-refractivity contribution in [1.29, 1.82) is 0 Å². The van der Waals surface area contributed by atoms with Crippen molar-refractivity contribution in [3.63, 3.8) is 0 Å². The number of piperidine rings is 1. The van der Waals surface area contributed by atoms with Gasteiger partial charge in [0, 0.05) is 29.9 Å². The molecule has 0 spiro atoms. The van der Waals surface area contributed by atoms with Gasteiger partial charge in [-0.2, -0.15) is 0 Å². The summed E-state index contributed by atoms with van der Waals surface area (Å²) in [4.78, 5) is 31.5. The third-order valence-corrected chi connectivity index (χ3v) is 6.76. The van der Waals surface area contributed by atoms with Gasteiger partial charge < -0.3 is 9.80 Å². The third-order valence-electron chi connectivity index (χ3n) is 5.04. The minimum atomic E-state index is 0.0629. The van der Waals surface area contributed by atoms with E-state index in [0.29, 0.717) is 25.0 Å². The lowest BCUT2D eigenvalue weighted by molar-refractivity contribution is -0.138. The molecule has 2 amide bonds. The third kappa shape index (κ3) is 3.80. The van der Waals surface area contributed by atoms with Crippen molar-refractivity contribution in [2.24, 2.45) is 5.92 Å². The Hall–Kier alpha value is -1.66. The molecule has 1 saturated carbocycles. The van der Waals surface area contributed by atoms with E-state index < -0.39 is 0 Å². The molecule has 0 aromatic carbocycles. The van der Waals surface area contributed by atoms with Crippen LogP contribution in [0.2, 0.25) is 0 Å². The lowest BCUT2D eigenvalue weighted by Gasteiger charge is -2.34. The van der Waals surface area contributed by atoms with Crippen LogP contribution in [-0.2, 0) is 11.3 Å². The second kappa shape index (κ2) is 7.30. The Morgan fingerprint density at radius 2 is 1.76 bits per heavy atom. The zero-order valence-corrected chi connectivity index (χ0v) is 15.7. The molecule has 25 heavy (non-hydrogen) atoms. The van der Waals surface area contributed by atoms with Crippen LogP contribution in [0.4, 0.5) is 0 Å². The highest BCUT2D eigenvalue weighted by molar-refractivity contribution is 7.12. The van der Waals surface area contributed by atoms with E-state index >= 15 is 0 Å². The van der Waals surface area contributed by atoms with Crippen LogP contribution in [0, 0.1) is 5.92 Å². The van der Waals surface area contributed by atoms with Crippen molar-refractivity contribution in [3.05, 3.63) is 44.8 Å². The van der Waals surface area contributed by atoms with Crippen LogP contribution in [0.15, 0.2) is 35.0 Å². The molecule has 1 aliphatic carbocycles. The Kier molecular flexibility index (Phi) is 4.90. The van der Waals surface area contributed by atoms with Crippen LogP contribution >= 0.6 is 22.7 Å². The summed E-state index contributed by atoms with van der Waals surface area (Å²) in [7, 11) is 0. The van der Waals surface area contributed by atoms with Gasteiger partial charge in [0.25, 0.3) is 5.91 Å². The molecule has 2 fully saturated rings. The van der Waals surface area contributed by atoms with Crippen molar-refractivity contribution in [1.82, 2.24) is 9.80 Å². The topological polar surface area (TPSA) is 40.6 Å². The first kappa shape index (κ1) is 16.8. The number of thiophene rings is 2. The van der Waals surface area contributed by atoms with Crippen LogP contribution < -0.4 is 0 Å². The van der Waals surface area contributed by atoms with Crippen LogP contribution in [0.3, 0.4) is 0 Å². The second-order valence-electron chi connectivity index (χ2n) is 6.82. The number of likely N-dealkylation sites (tertiary alicyclic amines) is 1. The molecule has 0 atom stereocenters. The average molecular weight is 375 g/mol. The number of hydrogen-bond donors (Lipinski definition) is 0. The minimum absolute atomic E-state index is 0.0629. The van der Waals surface area contributed by atoms with E-state index in [0.717, 1.165) is 37.1 Å². The summed E-state index contributed by atoms with van der Waals surface area (Å²) in [6.45, 7) is 2.12. The fourth-order valence-electron chi connectivity index (χ4n) is 3.46. The summed E-state index contributed by atoms with van der Waals surface area (Å²) in [6, 6.07) is 8.37. The summed E-state index contributed by atoms with van der Waals surface area (Å²) in [5.41, 5.74) is 0. The molecule has 6 heteroatoms. The van der Waals surface area contributed by atoms with Gasteiger partial charge in [0.2, 0.25) is 5.91 Å². The van der Waals surface area contributed by atoms with Crippen LogP contribution in [0.1, 0.15) is 40.2 Å². The largest absolute Gasteiger partial charge is 0.338 e. The molecule has 0 radical (unpaired) electrons. The summed E-state index contributed by atoms with van der Waals surface area (Å²) in [5.74, 6) is 0.464. The van der Waals surface area contributed by atoms with Gasteiger partial charge in [-0.15, -0.1) is 22.7 Å². The smallest absolute Gasteiger partial charge is 0.263 e. The number of carbonyl (C=O) groups excluding carboxylic acids is 2. The van der Waals surface area contributed by atoms with E-state index in [1.807, 2.05) is 28.5 Å². The Balaban J connectivity index is 1.36. The van der Waals surface area contributed by atoms with Gasteiger partial charge >= 0.3 is 0 Å². The molecule has 3 heterocycles. The van der Waals surface area contributed by atoms with Gasteiger partial charge in [0.15, 0.2) is 0 Å². The maximum Gasteiger partial charge on any atom is 0.263 e. The lowest BCUT2D eigenvalue weighted by atomic mass is 9.95. The zero-order valence-electron chi connectivity index (χ0n) is 14.1. The predicted molar refractivity (Wildman–Crippen MR) is 101 cm³/mol. The second-order valence-corrected chi connectivity index (χ2v) is 8.80. The first-order valence-electron chi connectivity index (χ1n) is 8.88. The summed E-state index contributed by atoms with van der Waals surface area (Å²) in [6.07, 6.45) is 3.83. The molecule has 1 saturated heterocycles. The van der Waals surface area contributed by atoms with Crippen molar-refractivity contribution < 1.29 is 9.59 Å². The summed E-state index contributed by atoms with van der Waals surface area (Å²) < 4.78 is 0. The fourth-order valence-corrected chi connectivity index (χ4v) is 4.86. The quantitative estimate of drug-likeness (QED) is 0.797. The van der Waals surface area contributed by atoms with Crippen molar-refractivity contribution in [3.8, 4) is 0 Å². The zero-order chi connectivity index (χ0) is 17.2. The number of amides is 2. The van der Waals surface area contributed by atoms with Gasteiger partial charge in [-0.3, -0.25) is 9.59 Å². The Bertz CT molecular complexity index is 715. The Morgan fingerprint density at radius 3 is 2.36 bits per heavy atom. The highest BCUT2D eigenvalue weighted by Crippen LogP contribution is 2.32. The van der Waals surface area contributed by atoms with Crippen LogP contribution in [-0.4, -0.2) is 40.7 Å². The Labute approximate surface area is 156 Å². The maximum absolute atomic E-state index is 13.0. The van der Waals surface area contributed by atoms with Crippen molar-refractivity contribution in [2.45, 2.75) is 38.3 Å². The lowest BCUT2D eigenvalue weighted by Crippen LogP contribution is -2.44. The van der Waals surface area contributed by atoms with Crippen LogP contribution in [0.25, 0.3) is 0 Å². The van der Waals surface area contributed by atoms with Crippen molar-refractivity contribution >= 4 is 34.5 Å². The van der Waals surface area contributed by atoms with Gasteiger partial charge in [-0.1, -0.05) is 12.1 Å². The number of hydrogen-bond acceptors (Lipinski definition) is 4. The molecule has 2 aromatic rings. The SMILES string of the molecule is O=C(c1cccs1)N1CCC(C(=O)N(Cc2cccs2)C2CC2)CC1. The predicted octanol–water partition coefficient (Wildman–Crippen LogP) is 3.85. The molecule has 2 aliphatic rings. The van der Waals surface area contributed by atoms with E-state index in [1.54, 1.807) is 11.3 Å². The number of nitrogens with zero attached hydrogens (tertiary/aromatic N) is 2. The molecule has 2 aromatic heterocycles. The Morgan fingerprint density at radius 1 is 1.04 bits per heavy atom. The first-order valence-corrected chi connectivity index (χ1v) is 10.6. The van der Waals surface area contributed by atoms with Gasteiger partial charge in [-0.05, 0) is 48.6 Å². The molecule has 132 valence electrons. The highest BCUT2D eigenvalue weighted by Gasteiger charge is 2.37. The highest BCUT2D eigenvalue weighted by atomic mass is 32.1. The van der Waals surface area contributed by atoms with Gasteiger partial charge in [0.1, 0.15) is 0 Å². The molecule has 0 unspecified atom stereocenters. The van der Waals surface area contributed by atoms with Gasteiger partial charge in [0.05, 0.1) is 11.4 Å². The van der Waals surface area contributed by atoms with E-state index in [9.17, 15) is 9.59 Å². The van der Waals surface area contributed by atoms with E-state index in [1.165, 1.54) is 16.2 Å². The molecule has 0 bridgehead atoms. The summed E-state index contributed by atoms with van der Waals surface area (Å²) >= 11 is 3.20. The molecule has 1 aliphatic heterocycles. The van der Waals surface area contributed by atoms with Gasteiger partial charge in [-0.25, -0.2) is 0 Å². The van der Waals surface area contributed by atoms with E-state index in [-0.39, 0.29) is 11.8 Å². The maximum atomic E-state index is 13.0. The standard InChI is InChI=1S/C19H22N2O2S2/c22-18(21(15-5-6-15)13-16-3-1-11-24-16)14-7-9-20(10-8-14)19(23)17-4-2-12-25-17/h1-4,11-12,14-15H,5-10,13H2. The molecular formula is C19H22N2O2S2. The molecule has 4 rings (SSSR count). The van der Waals surface area contributed by atoms with E-state index in [4.69, 9.17) is 0 Å². The first-order chi connectivity index (χ1) is 12.2. The van der Waals surface area contributed by atoms with E-state index in [2.05, 4.69) is 16.3 Å². The van der Waals surface area contributed by atoms with Crippen LogP contribution in [0.5, 0.6) is 0 Å².